The molecule has 1 atom stereocenters. The zero-order valence-corrected chi connectivity index (χ0v) is 11.7. The summed E-state index contributed by atoms with van der Waals surface area (Å²) in [5, 5.41) is 5.82. The molecule has 0 fully saturated rings. The van der Waals surface area contributed by atoms with E-state index in [1.54, 1.807) is 19.1 Å². The summed E-state index contributed by atoms with van der Waals surface area (Å²) in [6.07, 6.45) is 1.37. The van der Waals surface area contributed by atoms with E-state index in [1.807, 2.05) is 20.8 Å². The van der Waals surface area contributed by atoms with Gasteiger partial charge in [0.05, 0.1) is 5.56 Å². The number of hydrogen-bond acceptors (Lipinski definition) is 4. The largest absolute Gasteiger partial charge is 0.366 e. The van der Waals surface area contributed by atoms with Crippen LogP contribution in [0.3, 0.4) is 0 Å². The average Bonchev–Trinajstić information content (AvgIpc) is 2.27. The van der Waals surface area contributed by atoms with E-state index in [1.165, 1.54) is 6.20 Å². The third-order valence-electron chi connectivity index (χ3n) is 2.30. The van der Waals surface area contributed by atoms with Crippen LogP contribution >= 0.6 is 0 Å². The summed E-state index contributed by atoms with van der Waals surface area (Å²) in [7, 11) is 0. The summed E-state index contributed by atoms with van der Waals surface area (Å²) >= 11 is 0. The molecule has 2 amide bonds. The van der Waals surface area contributed by atoms with Crippen molar-refractivity contribution in [2.75, 3.05) is 5.32 Å². The lowest BCUT2D eigenvalue weighted by Crippen LogP contribution is -2.47. The molecule has 6 heteroatoms. The first-order valence-electron chi connectivity index (χ1n) is 6.03. The smallest absolute Gasteiger partial charge is 0.250 e. The zero-order chi connectivity index (χ0) is 14.6. The Bertz CT molecular complexity index is 463. The molecule has 0 aliphatic carbocycles. The molecule has 104 valence electrons. The monoisotopic (exact) mass is 264 g/mol. The van der Waals surface area contributed by atoms with E-state index in [2.05, 4.69) is 15.6 Å². The van der Waals surface area contributed by atoms with Crippen LogP contribution in [0, 0.1) is 0 Å². The molecule has 0 aliphatic heterocycles. The Labute approximate surface area is 112 Å². The first-order chi connectivity index (χ1) is 8.69. The maximum Gasteiger partial charge on any atom is 0.250 e. The Balaban J connectivity index is 2.64. The van der Waals surface area contributed by atoms with Gasteiger partial charge in [-0.2, -0.15) is 0 Å². The molecule has 0 saturated carbocycles. The number of carbonyl (C=O) groups is 2. The van der Waals surface area contributed by atoms with E-state index < -0.39 is 11.9 Å². The Hall–Kier alpha value is -2.11. The number of nitrogens with zero attached hydrogens (tertiary/aromatic N) is 1. The Morgan fingerprint density at radius 2 is 1.95 bits per heavy atom. The maximum atomic E-state index is 11.9. The maximum absolute atomic E-state index is 11.9. The molecule has 0 radical (unpaired) electrons. The number of carbonyl (C=O) groups excluding carboxylic acids is 2. The average molecular weight is 264 g/mol. The van der Waals surface area contributed by atoms with Crippen LogP contribution in [0.2, 0.25) is 0 Å². The molecule has 1 heterocycles. The quantitative estimate of drug-likeness (QED) is 0.752. The number of aromatic nitrogens is 1. The van der Waals surface area contributed by atoms with E-state index >= 15 is 0 Å². The van der Waals surface area contributed by atoms with Crippen molar-refractivity contribution in [1.29, 1.82) is 0 Å². The van der Waals surface area contributed by atoms with Crippen molar-refractivity contribution in [3.63, 3.8) is 0 Å². The molecular formula is C13H20N4O2. The Kier molecular flexibility index (Phi) is 4.47. The second-order valence-corrected chi connectivity index (χ2v) is 5.40. The second kappa shape index (κ2) is 5.69. The fourth-order valence-corrected chi connectivity index (χ4v) is 1.39. The summed E-state index contributed by atoms with van der Waals surface area (Å²) in [6, 6.07) is 2.75. The molecule has 4 N–H and O–H groups in total. The zero-order valence-electron chi connectivity index (χ0n) is 11.7. The highest BCUT2D eigenvalue weighted by atomic mass is 16.2. The van der Waals surface area contributed by atoms with Crippen LogP contribution < -0.4 is 16.4 Å². The highest BCUT2D eigenvalue weighted by Crippen LogP contribution is 2.07. The van der Waals surface area contributed by atoms with Crippen molar-refractivity contribution in [3.05, 3.63) is 23.9 Å². The fraction of sp³-hybridized carbons (Fsp3) is 0.462. The number of hydrogen-bond donors (Lipinski definition) is 3. The van der Waals surface area contributed by atoms with E-state index in [4.69, 9.17) is 5.73 Å². The van der Waals surface area contributed by atoms with Gasteiger partial charge in [0.1, 0.15) is 11.9 Å². The van der Waals surface area contributed by atoms with Gasteiger partial charge in [0.2, 0.25) is 11.8 Å². The first-order valence-corrected chi connectivity index (χ1v) is 6.03. The van der Waals surface area contributed by atoms with Gasteiger partial charge >= 0.3 is 0 Å². The number of primary amides is 1. The summed E-state index contributed by atoms with van der Waals surface area (Å²) < 4.78 is 0. The van der Waals surface area contributed by atoms with Crippen LogP contribution in [0.4, 0.5) is 5.82 Å². The molecule has 0 spiro atoms. The highest BCUT2D eigenvalue weighted by molar-refractivity contribution is 5.92. The molecule has 19 heavy (non-hydrogen) atoms. The molecule has 1 unspecified atom stereocenters. The molecular weight excluding hydrogens is 244 g/mol. The van der Waals surface area contributed by atoms with Gasteiger partial charge in [-0.05, 0) is 39.8 Å². The van der Waals surface area contributed by atoms with Crippen LogP contribution in [0.15, 0.2) is 18.3 Å². The fourth-order valence-electron chi connectivity index (χ4n) is 1.39. The standard InChI is InChI=1S/C13H20N4O2/c1-8(12(19)17-13(2,3)4)16-10-6-5-9(7-15-10)11(14)18/h5-8H,1-4H3,(H2,14,18)(H,15,16)(H,17,19). The Morgan fingerprint density at radius 3 is 2.37 bits per heavy atom. The molecule has 0 saturated heterocycles. The molecule has 0 bridgehead atoms. The predicted molar refractivity (Wildman–Crippen MR) is 73.7 cm³/mol. The lowest BCUT2D eigenvalue weighted by molar-refractivity contribution is -0.122. The van der Waals surface area contributed by atoms with Crippen LogP contribution in [-0.2, 0) is 4.79 Å². The van der Waals surface area contributed by atoms with E-state index in [9.17, 15) is 9.59 Å². The normalized spacial score (nSPS) is 12.6. The number of pyridine rings is 1. The minimum atomic E-state index is -0.530. The molecule has 6 nitrogen and oxygen atoms in total. The number of nitrogens with one attached hydrogen (secondary N) is 2. The van der Waals surface area contributed by atoms with Gasteiger partial charge in [0.15, 0.2) is 0 Å². The van der Waals surface area contributed by atoms with E-state index in [0.29, 0.717) is 11.4 Å². The third kappa shape index (κ3) is 4.95. The van der Waals surface area contributed by atoms with Crippen LogP contribution in [0.1, 0.15) is 38.1 Å². The summed E-state index contributed by atoms with van der Waals surface area (Å²) in [6.45, 7) is 7.48. The van der Waals surface area contributed by atoms with Crippen LogP contribution in [0.25, 0.3) is 0 Å². The van der Waals surface area contributed by atoms with E-state index in [0.717, 1.165) is 0 Å². The Morgan fingerprint density at radius 1 is 1.32 bits per heavy atom. The van der Waals surface area contributed by atoms with Crippen molar-refractivity contribution in [2.45, 2.75) is 39.3 Å². The van der Waals surface area contributed by atoms with E-state index in [-0.39, 0.29) is 11.4 Å². The number of amides is 2. The highest BCUT2D eigenvalue weighted by Gasteiger charge is 2.19. The lowest BCUT2D eigenvalue weighted by Gasteiger charge is -2.23. The number of rotatable bonds is 4. The molecule has 0 aliphatic rings. The van der Waals surface area contributed by atoms with Crippen molar-refractivity contribution >= 4 is 17.6 Å². The minimum absolute atomic E-state index is 0.117. The minimum Gasteiger partial charge on any atom is -0.366 e. The topological polar surface area (TPSA) is 97.1 Å². The van der Waals surface area contributed by atoms with Gasteiger partial charge in [-0.3, -0.25) is 9.59 Å². The third-order valence-corrected chi connectivity index (χ3v) is 2.30. The van der Waals surface area contributed by atoms with Crippen molar-refractivity contribution in [1.82, 2.24) is 10.3 Å². The second-order valence-electron chi connectivity index (χ2n) is 5.40. The van der Waals surface area contributed by atoms with Crippen molar-refractivity contribution in [3.8, 4) is 0 Å². The van der Waals surface area contributed by atoms with Gasteiger partial charge in [0.25, 0.3) is 0 Å². The number of nitrogens with two attached hydrogens (primary N) is 1. The van der Waals surface area contributed by atoms with Gasteiger partial charge in [-0.15, -0.1) is 0 Å². The van der Waals surface area contributed by atoms with Crippen molar-refractivity contribution in [2.24, 2.45) is 5.73 Å². The number of anilines is 1. The van der Waals surface area contributed by atoms with Crippen molar-refractivity contribution < 1.29 is 9.59 Å². The van der Waals surface area contributed by atoms with Gasteiger partial charge in [-0.25, -0.2) is 4.98 Å². The van der Waals surface area contributed by atoms with Gasteiger partial charge in [0, 0.05) is 11.7 Å². The summed E-state index contributed by atoms with van der Waals surface area (Å²) in [5.41, 5.74) is 5.17. The summed E-state index contributed by atoms with van der Waals surface area (Å²) in [5.74, 6) is -0.132. The first kappa shape index (κ1) is 14.9. The van der Waals surface area contributed by atoms with Crippen LogP contribution in [0.5, 0.6) is 0 Å². The molecule has 1 aromatic heterocycles. The molecule has 0 aromatic carbocycles. The van der Waals surface area contributed by atoms with Gasteiger partial charge in [-0.1, -0.05) is 0 Å². The van der Waals surface area contributed by atoms with Gasteiger partial charge < -0.3 is 16.4 Å². The lowest BCUT2D eigenvalue weighted by atomic mass is 10.1. The SMILES string of the molecule is CC(Nc1ccc(C(N)=O)cn1)C(=O)NC(C)(C)C. The molecule has 1 aromatic rings. The van der Waals surface area contributed by atoms with Crippen LogP contribution in [-0.4, -0.2) is 28.4 Å². The summed E-state index contributed by atoms with van der Waals surface area (Å²) in [4.78, 5) is 26.8. The molecule has 1 rings (SSSR count). The predicted octanol–water partition coefficient (Wildman–Crippen LogP) is 0.896.